The maximum absolute atomic E-state index is 14.4. The van der Waals surface area contributed by atoms with Crippen LogP contribution in [0.2, 0.25) is 0 Å². The molecule has 3 amide bonds. The van der Waals surface area contributed by atoms with Gasteiger partial charge in [0, 0.05) is 49.9 Å². The van der Waals surface area contributed by atoms with Crippen LogP contribution in [0, 0.1) is 11.8 Å². The largest absolute Gasteiger partial charge is 0.394 e. The van der Waals surface area contributed by atoms with Crippen LogP contribution in [0.3, 0.4) is 0 Å². The van der Waals surface area contributed by atoms with Gasteiger partial charge in [-0.25, -0.2) is 0 Å². The van der Waals surface area contributed by atoms with E-state index in [1.807, 2.05) is 48.6 Å². The summed E-state index contributed by atoms with van der Waals surface area (Å²) in [6, 6.07) is 6.61. The fourth-order valence-corrected chi connectivity index (χ4v) is 8.42. The van der Waals surface area contributed by atoms with E-state index in [0.717, 1.165) is 24.5 Å². The molecule has 4 heterocycles. The van der Waals surface area contributed by atoms with Crippen LogP contribution in [0.5, 0.6) is 0 Å². The maximum Gasteiger partial charge on any atom is 0.251 e. The molecular weight excluding hydrogens is 488 g/mol. The highest BCUT2D eigenvalue weighted by molar-refractivity contribution is 8.02. The predicted octanol–water partition coefficient (Wildman–Crippen LogP) is 2.14. The van der Waals surface area contributed by atoms with Crippen molar-refractivity contribution in [1.29, 1.82) is 0 Å². The Labute approximate surface area is 222 Å². The fourth-order valence-electron chi connectivity index (χ4n) is 6.43. The zero-order valence-corrected chi connectivity index (χ0v) is 22.7. The van der Waals surface area contributed by atoms with Crippen LogP contribution in [0.25, 0.3) is 0 Å². The third-order valence-electron chi connectivity index (χ3n) is 8.33. The summed E-state index contributed by atoms with van der Waals surface area (Å²) in [5, 5.41) is 9.89. The highest BCUT2D eigenvalue weighted by Crippen LogP contribution is 2.61. The lowest BCUT2D eigenvalue weighted by atomic mass is 9.78. The molecule has 6 atom stereocenters. The second-order valence-electron chi connectivity index (χ2n) is 10.3. The van der Waals surface area contributed by atoms with Gasteiger partial charge < -0.3 is 24.7 Å². The molecule has 0 aliphatic carbocycles. The average molecular weight is 525 g/mol. The van der Waals surface area contributed by atoms with E-state index in [-0.39, 0.29) is 29.6 Å². The van der Waals surface area contributed by atoms with Crippen LogP contribution in [-0.2, 0) is 14.4 Å². The summed E-state index contributed by atoms with van der Waals surface area (Å²) >= 11 is 1.56. The minimum absolute atomic E-state index is 0.0658. The van der Waals surface area contributed by atoms with E-state index in [2.05, 4.69) is 18.7 Å². The Bertz CT molecular complexity index is 1130. The molecule has 1 unspecified atom stereocenters. The number of likely N-dealkylation sites (N-methyl/N-ethyl adjacent to an activating group) is 1. The van der Waals surface area contributed by atoms with Crippen LogP contribution in [0.15, 0.2) is 48.6 Å². The molecule has 0 radical (unpaired) electrons. The van der Waals surface area contributed by atoms with Gasteiger partial charge in [0.15, 0.2) is 0 Å². The molecule has 0 bridgehead atoms. The van der Waals surface area contributed by atoms with Crippen molar-refractivity contribution < 1.29 is 19.5 Å². The maximum atomic E-state index is 14.4. The average Bonchev–Trinajstić information content (AvgIpc) is 3.24. The zero-order chi connectivity index (χ0) is 26.5. The van der Waals surface area contributed by atoms with E-state index < -0.39 is 28.7 Å². The van der Waals surface area contributed by atoms with Gasteiger partial charge in [0.1, 0.15) is 6.04 Å². The number of rotatable bonds is 6. The highest BCUT2D eigenvalue weighted by Gasteiger charge is 2.71. The molecule has 4 aliphatic rings. The van der Waals surface area contributed by atoms with E-state index >= 15 is 0 Å². The number of carbonyl (C=O) groups is 3. The number of carbonyl (C=O) groups excluding carboxylic acids is 3. The smallest absolute Gasteiger partial charge is 0.251 e. The van der Waals surface area contributed by atoms with E-state index in [1.54, 1.807) is 40.4 Å². The summed E-state index contributed by atoms with van der Waals surface area (Å²) in [4.78, 5) is 49.1. The van der Waals surface area contributed by atoms with Crippen molar-refractivity contribution in [2.45, 2.75) is 42.9 Å². The predicted molar refractivity (Wildman–Crippen MR) is 147 cm³/mol. The molecule has 5 rings (SSSR count). The number of benzene rings is 1. The summed E-state index contributed by atoms with van der Waals surface area (Å²) in [5.74, 6) is -1.67. The number of aliphatic hydroxyl groups excluding tert-OH is 1. The Hall–Kier alpha value is -2.78. The van der Waals surface area contributed by atoms with Gasteiger partial charge in [-0.2, -0.15) is 0 Å². The number of amides is 3. The summed E-state index contributed by atoms with van der Waals surface area (Å²) in [7, 11) is 1.76. The first kappa shape index (κ1) is 25.9. The Morgan fingerprint density at radius 1 is 1.05 bits per heavy atom. The molecule has 8 nitrogen and oxygen atoms in total. The molecule has 4 aliphatic heterocycles. The molecule has 9 heteroatoms. The van der Waals surface area contributed by atoms with Crippen LogP contribution in [0.4, 0.5) is 11.4 Å². The van der Waals surface area contributed by atoms with Gasteiger partial charge in [-0.3, -0.25) is 14.4 Å². The van der Waals surface area contributed by atoms with Gasteiger partial charge in [-0.1, -0.05) is 24.3 Å². The monoisotopic (exact) mass is 524 g/mol. The second-order valence-corrected chi connectivity index (χ2v) is 11.8. The van der Waals surface area contributed by atoms with Gasteiger partial charge in [0.2, 0.25) is 11.8 Å². The molecule has 0 saturated carbocycles. The van der Waals surface area contributed by atoms with Gasteiger partial charge in [-0.05, 0) is 45.0 Å². The number of hydrogen-bond donors (Lipinski definition) is 1. The normalized spacial score (nSPS) is 31.7. The third-order valence-corrected chi connectivity index (χ3v) is 10.1. The lowest BCUT2D eigenvalue weighted by Crippen LogP contribution is -2.56. The minimum atomic E-state index is -0.874. The Morgan fingerprint density at radius 3 is 2.41 bits per heavy atom. The molecule has 2 fully saturated rings. The SMILES string of the molecule is CCN(CC)c1ccc(N2CC=C[C@]34S[C@H]5C=CCN(C)C(=O)[C@H]5[C@H]3C(=O)N([C@H](C)CO)C4C2=O)cc1. The van der Waals surface area contributed by atoms with E-state index in [0.29, 0.717) is 13.1 Å². The molecule has 198 valence electrons. The first-order valence-electron chi connectivity index (χ1n) is 13.2. The van der Waals surface area contributed by atoms with E-state index in [4.69, 9.17) is 0 Å². The summed E-state index contributed by atoms with van der Waals surface area (Å²) in [6.07, 6.45) is 7.99. The van der Waals surface area contributed by atoms with Gasteiger partial charge >= 0.3 is 0 Å². The number of fused-ring (bicyclic) bond motifs is 2. The zero-order valence-electron chi connectivity index (χ0n) is 21.9. The molecule has 37 heavy (non-hydrogen) atoms. The molecular formula is C28H36N4O4S. The Balaban J connectivity index is 1.57. The molecule has 1 aromatic carbocycles. The van der Waals surface area contributed by atoms with Crippen molar-refractivity contribution in [2.24, 2.45) is 11.8 Å². The number of nitrogens with zero attached hydrogens (tertiary/aromatic N) is 4. The fraction of sp³-hybridized carbons (Fsp3) is 0.536. The Morgan fingerprint density at radius 2 is 1.76 bits per heavy atom. The van der Waals surface area contributed by atoms with Crippen molar-refractivity contribution in [2.75, 3.05) is 49.6 Å². The van der Waals surface area contributed by atoms with Crippen LogP contribution >= 0.6 is 11.8 Å². The first-order chi connectivity index (χ1) is 17.8. The van der Waals surface area contributed by atoms with Gasteiger partial charge in [-0.15, -0.1) is 11.8 Å². The van der Waals surface area contributed by atoms with Crippen molar-refractivity contribution >= 4 is 40.9 Å². The van der Waals surface area contributed by atoms with Crippen LogP contribution in [0.1, 0.15) is 20.8 Å². The van der Waals surface area contributed by atoms with Crippen molar-refractivity contribution in [3.8, 4) is 0 Å². The van der Waals surface area contributed by atoms with Gasteiger partial charge in [0.25, 0.3) is 5.91 Å². The standard InChI is InChI=1S/C28H36N4O4S/c1-5-30(6-2)19-10-12-20(13-11-19)31-16-8-14-28-23(22-21(37-28)9-7-15-29(4)25(22)34)26(35)32(18(3)17-33)24(28)27(31)36/h7-14,18,21-24,33H,5-6,15-17H2,1-4H3/t18-,21+,22-,23+,24?,28+/m1/s1. The number of hydrogen-bond acceptors (Lipinski definition) is 6. The number of aliphatic hydroxyl groups is 1. The number of anilines is 2. The highest BCUT2D eigenvalue weighted by atomic mass is 32.2. The third kappa shape index (κ3) is 3.89. The topological polar surface area (TPSA) is 84.4 Å². The minimum Gasteiger partial charge on any atom is -0.394 e. The Kier molecular flexibility index (Phi) is 6.87. The van der Waals surface area contributed by atoms with Crippen molar-refractivity contribution in [3.05, 3.63) is 48.6 Å². The lowest BCUT2D eigenvalue weighted by molar-refractivity contribution is -0.143. The number of likely N-dealkylation sites (tertiary alicyclic amines) is 1. The molecule has 1 N–H and O–H groups in total. The molecule has 1 spiro atoms. The van der Waals surface area contributed by atoms with Gasteiger partial charge in [0.05, 0.1) is 29.2 Å². The summed E-state index contributed by atoms with van der Waals surface area (Å²) in [6.45, 7) is 8.41. The second kappa shape index (κ2) is 9.83. The van der Waals surface area contributed by atoms with Crippen molar-refractivity contribution in [3.63, 3.8) is 0 Å². The first-order valence-corrected chi connectivity index (χ1v) is 14.0. The molecule has 1 aromatic rings. The summed E-state index contributed by atoms with van der Waals surface area (Å²) < 4.78 is -0.874. The van der Waals surface area contributed by atoms with Crippen LogP contribution < -0.4 is 9.80 Å². The summed E-state index contributed by atoms with van der Waals surface area (Å²) in [5.41, 5.74) is 1.86. The van der Waals surface area contributed by atoms with Crippen LogP contribution in [-0.4, -0.2) is 94.5 Å². The number of thioether (sulfide) groups is 1. The van der Waals surface area contributed by atoms with E-state index in [9.17, 15) is 19.5 Å². The van der Waals surface area contributed by atoms with Crippen molar-refractivity contribution in [1.82, 2.24) is 9.80 Å². The lowest BCUT2D eigenvalue weighted by Gasteiger charge is -2.37. The van der Waals surface area contributed by atoms with E-state index in [1.165, 1.54) is 0 Å². The quantitative estimate of drug-likeness (QED) is 0.574. The molecule has 2 saturated heterocycles. The molecule has 0 aromatic heterocycles.